The number of ether oxygens (including phenoxy) is 1. The largest absolute Gasteiger partial charge is 0.492 e. The Morgan fingerprint density at radius 3 is 2.59 bits per heavy atom. The summed E-state index contributed by atoms with van der Waals surface area (Å²) in [5.74, 6) is 0.576. The number of anilines is 1. The Balaban J connectivity index is 1.75. The average Bonchev–Trinajstić information content (AvgIpc) is 3.23. The molecule has 2 heterocycles. The first-order valence-electron chi connectivity index (χ1n) is 10.3. The van der Waals surface area contributed by atoms with E-state index in [-0.39, 0.29) is 5.91 Å². The predicted molar refractivity (Wildman–Crippen MR) is 126 cm³/mol. The zero-order chi connectivity index (χ0) is 20.5. The molecule has 7 heteroatoms. The van der Waals surface area contributed by atoms with Crippen LogP contribution in [0.5, 0.6) is 0 Å². The molecule has 1 aromatic carbocycles. The fraction of sp³-hybridized carbons (Fsp3) is 0.455. The molecular weight excluding hydrogens is 420 g/mol. The first-order chi connectivity index (χ1) is 14.1. The maximum atomic E-state index is 12.8. The Morgan fingerprint density at radius 2 is 1.90 bits per heavy atom. The summed E-state index contributed by atoms with van der Waals surface area (Å²) >= 11 is 8.55. The second kappa shape index (κ2) is 8.74. The summed E-state index contributed by atoms with van der Waals surface area (Å²) in [5.41, 5.74) is 4.28. The maximum absolute atomic E-state index is 12.8. The first kappa shape index (κ1) is 20.8. The minimum Gasteiger partial charge on any atom is -0.492 e. The van der Waals surface area contributed by atoms with E-state index in [9.17, 15) is 4.79 Å². The van der Waals surface area contributed by atoms with Gasteiger partial charge in [0.2, 0.25) is 0 Å². The SMILES string of the molecule is CCOC(C=C1Sc2c(ccc3c2CCCC3)N1CC)=C1SC(=S)N(CC)C1=O. The standard InChI is InChI=1S/C22H26N2O2S3/c1-4-23-16-12-11-14-9-7-8-10-15(14)19(16)28-18(23)13-17(26-6-3)20-21(25)24(5-2)22(27)29-20/h11-13H,4-10H2,1-3H3. The number of allylic oxidation sites excluding steroid dienone is 1. The number of thioether (sulfide) groups is 2. The van der Waals surface area contributed by atoms with Crippen molar-refractivity contribution in [2.45, 2.75) is 51.3 Å². The van der Waals surface area contributed by atoms with E-state index < -0.39 is 0 Å². The number of hydrogen-bond acceptors (Lipinski definition) is 6. The van der Waals surface area contributed by atoms with E-state index in [4.69, 9.17) is 17.0 Å². The van der Waals surface area contributed by atoms with Crippen molar-refractivity contribution in [1.29, 1.82) is 0 Å². The second-order valence-corrected chi connectivity index (χ2v) is 9.81. The molecule has 1 fully saturated rings. The highest BCUT2D eigenvalue weighted by molar-refractivity contribution is 8.26. The number of amides is 1. The van der Waals surface area contributed by atoms with Crippen molar-refractivity contribution < 1.29 is 9.53 Å². The average molecular weight is 447 g/mol. The van der Waals surface area contributed by atoms with Gasteiger partial charge in [-0.3, -0.25) is 9.69 Å². The van der Waals surface area contributed by atoms with E-state index in [0.29, 0.717) is 28.1 Å². The molecule has 0 bridgehead atoms. The van der Waals surface area contributed by atoms with Gasteiger partial charge < -0.3 is 9.64 Å². The topological polar surface area (TPSA) is 32.8 Å². The van der Waals surface area contributed by atoms with Crippen LogP contribution in [0.3, 0.4) is 0 Å². The number of benzene rings is 1. The van der Waals surface area contributed by atoms with Crippen molar-refractivity contribution in [2.75, 3.05) is 24.6 Å². The fourth-order valence-corrected chi connectivity index (χ4v) is 6.81. The molecule has 0 unspecified atom stereocenters. The van der Waals surface area contributed by atoms with Gasteiger partial charge in [0, 0.05) is 24.1 Å². The highest BCUT2D eigenvalue weighted by Crippen LogP contribution is 2.50. The molecule has 1 saturated heterocycles. The van der Waals surface area contributed by atoms with Gasteiger partial charge in [-0.15, -0.1) is 0 Å². The number of fused-ring (bicyclic) bond motifs is 3. The summed E-state index contributed by atoms with van der Waals surface area (Å²) in [5, 5.41) is 1.12. The normalized spacial score (nSPS) is 21.7. The lowest BCUT2D eigenvalue weighted by molar-refractivity contribution is -0.122. The monoisotopic (exact) mass is 446 g/mol. The van der Waals surface area contributed by atoms with Crippen LogP contribution in [0.25, 0.3) is 0 Å². The summed E-state index contributed by atoms with van der Waals surface area (Å²) in [6.07, 6.45) is 6.92. The third kappa shape index (κ3) is 3.73. The van der Waals surface area contributed by atoms with Gasteiger partial charge in [0.25, 0.3) is 5.91 Å². The van der Waals surface area contributed by atoms with Gasteiger partial charge in [-0.2, -0.15) is 0 Å². The van der Waals surface area contributed by atoms with E-state index in [1.165, 1.54) is 52.7 Å². The van der Waals surface area contributed by atoms with Crippen LogP contribution in [0.4, 0.5) is 5.69 Å². The van der Waals surface area contributed by atoms with Crippen LogP contribution in [0.2, 0.25) is 0 Å². The lowest BCUT2D eigenvalue weighted by Gasteiger charge is -2.21. The number of likely N-dealkylation sites (N-methyl/N-ethyl adjacent to an activating group) is 1. The van der Waals surface area contributed by atoms with Crippen molar-refractivity contribution in [3.05, 3.63) is 45.0 Å². The van der Waals surface area contributed by atoms with Gasteiger partial charge in [0.1, 0.15) is 15.0 Å². The lowest BCUT2D eigenvalue weighted by Crippen LogP contribution is -2.27. The Kier molecular flexibility index (Phi) is 6.27. The molecule has 0 N–H and O–H groups in total. The summed E-state index contributed by atoms with van der Waals surface area (Å²) in [7, 11) is 0. The highest BCUT2D eigenvalue weighted by Gasteiger charge is 2.35. The molecule has 1 aromatic rings. The van der Waals surface area contributed by atoms with Gasteiger partial charge in [0.05, 0.1) is 17.3 Å². The second-order valence-electron chi connectivity index (χ2n) is 7.13. The smallest absolute Gasteiger partial charge is 0.269 e. The van der Waals surface area contributed by atoms with E-state index in [0.717, 1.165) is 18.0 Å². The molecular formula is C22H26N2O2S3. The maximum Gasteiger partial charge on any atom is 0.269 e. The van der Waals surface area contributed by atoms with Crippen LogP contribution in [-0.4, -0.2) is 34.8 Å². The zero-order valence-corrected chi connectivity index (χ0v) is 19.6. The summed E-state index contributed by atoms with van der Waals surface area (Å²) in [4.78, 5) is 18.8. The van der Waals surface area contributed by atoms with Gasteiger partial charge in [-0.05, 0) is 63.6 Å². The molecule has 0 atom stereocenters. The van der Waals surface area contributed by atoms with E-state index >= 15 is 0 Å². The Bertz CT molecular complexity index is 923. The molecule has 0 saturated carbocycles. The molecule has 0 radical (unpaired) electrons. The zero-order valence-electron chi connectivity index (χ0n) is 17.1. The number of rotatable bonds is 5. The summed E-state index contributed by atoms with van der Waals surface area (Å²) < 4.78 is 6.54. The molecule has 1 aliphatic carbocycles. The van der Waals surface area contributed by atoms with Crippen LogP contribution in [0, 0.1) is 0 Å². The van der Waals surface area contributed by atoms with Gasteiger partial charge in [0.15, 0.2) is 0 Å². The molecule has 4 nitrogen and oxygen atoms in total. The number of carbonyl (C=O) groups is 1. The number of hydrogen-bond donors (Lipinski definition) is 0. The van der Waals surface area contributed by atoms with Crippen molar-refractivity contribution in [1.82, 2.24) is 4.90 Å². The quantitative estimate of drug-likeness (QED) is 0.339. The third-order valence-electron chi connectivity index (χ3n) is 5.48. The van der Waals surface area contributed by atoms with Crippen LogP contribution >= 0.6 is 35.7 Å². The summed E-state index contributed by atoms with van der Waals surface area (Å²) in [6.45, 7) is 8.02. The van der Waals surface area contributed by atoms with Gasteiger partial charge in [-0.1, -0.05) is 41.8 Å². The molecule has 154 valence electrons. The van der Waals surface area contributed by atoms with Crippen LogP contribution < -0.4 is 4.90 Å². The number of carbonyl (C=O) groups excluding carboxylic acids is 1. The fourth-order valence-electron chi connectivity index (χ4n) is 4.08. The molecule has 0 spiro atoms. The first-order valence-corrected chi connectivity index (χ1v) is 12.4. The van der Waals surface area contributed by atoms with Gasteiger partial charge >= 0.3 is 0 Å². The molecule has 4 rings (SSSR count). The Labute approximate surface area is 186 Å². The predicted octanol–water partition coefficient (Wildman–Crippen LogP) is 5.47. The van der Waals surface area contributed by atoms with Gasteiger partial charge in [-0.25, -0.2) is 0 Å². The highest BCUT2D eigenvalue weighted by atomic mass is 32.2. The van der Waals surface area contributed by atoms with Crippen molar-refractivity contribution >= 4 is 51.7 Å². The molecule has 29 heavy (non-hydrogen) atoms. The van der Waals surface area contributed by atoms with Crippen molar-refractivity contribution in [2.24, 2.45) is 0 Å². The summed E-state index contributed by atoms with van der Waals surface area (Å²) in [6, 6.07) is 4.56. The van der Waals surface area contributed by atoms with Crippen LogP contribution in [-0.2, 0) is 22.4 Å². The minimum atomic E-state index is -0.0521. The molecule has 1 amide bonds. The third-order valence-corrected chi connectivity index (χ3v) is 8.14. The number of aryl methyl sites for hydroxylation is 1. The number of nitrogens with zero attached hydrogens (tertiary/aromatic N) is 2. The minimum absolute atomic E-state index is 0.0521. The van der Waals surface area contributed by atoms with Crippen molar-refractivity contribution in [3.63, 3.8) is 0 Å². The molecule has 3 aliphatic rings. The van der Waals surface area contributed by atoms with E-state index in [1.807, 2.05) is 31.7 Å². The van der Waals surface area contributed by atoms with Crippen molar-refractivity contribution in [3.8, 4) is 0 Å². The molecule has 2 aliphatic heterocycles. The number of thiocarbonyl (C=S) groups is 1. The Morgan fingerprint density at radius 1 is 1.14 bits per heavy atom. The molecule has 0 aromatic heterocycles. The van der Waals surface area contributed by atoms with Crippen LogP contribution in [0.15, 0.2) is 38.8 Å². The van der Waals surface area contributed by atoms with E-state index in [1.54, 1.807) is 4.90 Å². The van der Waals surface area contributed by atoms with Crippen LogP contribution in [0.1, 0.15) is 44.7 Å². The Hall–Kier alpha value is -1.44. The van der Waals surface area contributed by atoms with E-state index in [2.05, 4.69) is 24.0 Å². The lowest BCUT2D eigenvalue weighted by atomic mass is 9.91.